The number of nitrogens with two attached hydrogens (primary N) is 1. The molecule has 0 bridgehead atoms. The quantitative estimate of drug-likeness (QED) is 0.833. The summed E-state index contributed by atoms with van der Waals surface area (Å²) in [6, 6.07) is 15.3. The number of sulfonamides is 1. The van der Waals surface area contributed by atoms with E-state index in [0.717, 1.165) is 5.56 Å². The van der Waals surface area contributed by atoms with E-state index >= 15 is 0 Å². The minimum atomic E-state index is -3.81. The van der Waals surface area contributed by atoms with Crippen molar-refractivity contribution in [3.63, 3.8) is 0 Å². The molecule has 0 radical (unpaired) electrons. The Bertz CT molecular complexity index is 959. The second-order valence-corrected chi connectivity index (χ2v) is 8.44. The highest BCUT2D eigenvalue weighted by molar-refractivity contribution is 7.89. The molecule has 1 saturated heterocycles. The van der Waals surface area contributed by atoms with E-state index in [0.29, 0.717) is 31.6 Å². The van der Waals surface area contributed by atoms with E-state index in [1.807, 2.05) is 30.3 Å². The number of carbonyl (C=O) groups is 2. The highest BCUT2D eigenvalue weighted by Gasteiger charge is 2.32. The molecule has 2 N–H and O–H groups in total. The number of piperazine rings is 1. The number of amides is 2. The standard InChI is InChI=1S/C20H23N3O4S/c1-15(24)22-11-12-23(18(14-22)13-16-5-3-2-4-6-16)20(25)17-7-9-19(10-8-17)28(21,26)27/h2-10,18H,11-14H2,1H3,(H2,21,26,27)/t18-/m0/s1. The maximum absolute atomic E-state index is 13.1. The Morgan fingerprint density at radius 3 is 2.25 bits per heavy atom. The summed E-state index contributed by atoms with van der Waals surface area (Å²) in [4.78, 5) is 28.4. The number of benzene rings is 2. The van der Waals surface area contributed by atoms with Crippen molar-refractivity contribution in [2.75, 3.05) is 19.6 Å². The summed E-state index contributed by atoms with van der Waals surface area (Å²) in [6.45, 7) is 2.89. The zero-order valence-corrected chi connectivity index (χ0v) is 16.4. The van der Waals surface area contributed by atoms with Gasteiger partial charge in [0, 0.05) is 32.1 Å². The van der Waals surface area contributed by atoms with Gasteiger partial charge in [0.15, 0.2) is 0 Å². The molecule has 0 aromatic heterocycles. The van der Waals surface area contributed by atoms with Crippen LogP contribution in [0.2, 0.25) is 0 Å². The second kappa shape index (κ2) is 8.12. The van der Waals surface area contributed by atoms with Crippen molar-refractivity contribution in [3.05, 3.63) is 65.7 Å². The van der Waals surface area contributed by atoms with E-state index in [1.54, 1.807) is 9.80 Å². The van der Waals surface area contributed by atoms with Crippen LogP contribution in [0.5, 0.6) is 0 Å². The fourth-order valence-corrected chi connectivity index (χ4v) is 3.94. The van der Waals surface area contributed by atoms with Gasteiger partial charge in [-0.05, 0) is 36.2 Å². The average Bonchev–Trinajstić information content (AvgIpc) is 2.67. The van der Waals surface area contributed by atoms with Gasteiger partial charge in [0.1, 0.15) is 0 Å². The van der Waals surface area contributed by atoms with Crippen LogP contribution >= 0.6 is 0 Å². The lowest BCUT2D eigenvalue weighted by atomic mass is 10.0. The van der Waals surface area contributed by atoms with Crippen molar-refractivity contribution < 1.29 is 18.0 Å². The Hall–Kier alpha value is -2.71. The van der Waals surface area contributed by atoms with Gasteiger partial charge < -0.3 is 9.80 Å². The van der Waals surface area contributed by atoms with Crippen molar-refractivity contribution in [2.45, 2.75) is 24.3 Å². The number of rotatable bonds is 4. The average molecular weight is 401 g/mol. The topological polar surface area (TPSA) is 101 Å². The SMILES string of the molecule is CC(=O)N1CCN(C(=O)c2ccc(S(N)(=O)=O)cc2)[C@@H](Cc2ccccc2)C1. The molecule has 1 fully saturated rings. The van der Waals surface area contributed by atoms with Gasteiger partial charge in [-0.3, -0.25) is 9.59 Å². The molecule has 148 valence electrons. The molecule has 0 unspecified atom stereocenters. The Morgan fingerprint density at radius 1 is 1.04 bits per heavy atom. The van der Waals surface area contributed by atoms with Crippen molar-refractivity contribution in [1.29, 1.82) is 0 Å². The summed E-state index contributed by atoms with van der Waals surface area (Å²) in [6.07, 6.45) is 0.631. The van der Waals surface area contributed by atoms with Gasteiger partial charge in [0.2, 0.25) is 15.9 Å². The van der Waals surface area contributed by atoms with Crippen LogP contribution in [0, 0.1) is 0 Å². The Labute approximate surface area is 164 Å². The molecule has 1 aliphatic heterocycles. The molecule has 0 saturated carbocycles. The lowest BCUT2D eigenvalue weighted by Crippen LogP contribution is -2.57. The molecule has 1 aliphatic rings. The van der Waals surface area contributed by atoms with Crippen molar-refractivity contribution in [2.24, 2.45) is 5.14 Å². The van der Waals surface area contributed by atoms with Crippen LogP contribution < -0.4 is 5.14 Å². The molecule has 7 nitrogen and oxygen atoms in total. The van der Waals surface area contributed by atoms with Gasteiger partial charge in [-0.25, -0.2) is 13.6 Å². The van der Waals surface area contributed by atoms with Crippen LogP contribution in [0.3, 0.4) is 0 Å². The molecular weight excluding hydrogens is 378 g/mol. The first-order chi connectivity index (χ1) is 13.3. The maximum atomic E-state index is 13.1. The van der Waals surface area contributed by atoms with E-state index < -0.39 is 10.0 Å². The molecule has 1 atom stereocenters. The highest BCUT2D eigenvalue weighted by atomic mass is 32.2. The summed E-state index contributed by atoms with van der Waals surface area (Å²) in [5, 5.41) is 5.12. The lowest BCUT2D eigenvalue weighted by molar-refractivity contribution is -0.131. The predicted octanol–water partition coefficient (Wildman–Crippen LogP) is 1.25. The summed E-state index contributed by atoms with van der Waals surface area (Å²) >= 11 is 0. The van der Waals surface area contributed by atoms with Crippen LogP contribution in [0.25, 0.3) is 0 Å². The molecular formula is C20H23N3O4S. The molecule has 2 aromatic carbocycles. The van der Waals surface area contributed by atoms with E-state index in [4.69, 9.17) is 5.14 Å². The van der Waals surface area contributed by atoms with E-state index in [-0.39, 0.29) is 22.8 Å². The molecule has 0 spiro atoms. The number of hydrogen-bond acceptors (Lipinski definition) is 4. The summed E-state index contributed by atoms with van der Waals surface area (Å²) in [5.74, 6) is -0.201. The van der Waals surface area contributed by atoms with Crippen molar-refractivity contribution in [1.82, 2.24) is 9.80 Å². The molecule has 2 amide bonds. The molecule has 2 aromatic rings. The van der Waals surface area contributed by atoms with Gasteiger partial charge in [-0.1, -0.05) is 30.3 Å². The van der Waals surface area contributed by atoms with Crippen molar-refractivity contribution in [3.8, 4) is 0 Å². The first-order valence-electron chi connectivity index (χ1n) is 8.99. The Balaban J connectivity index is 1.84. The van der Waals surface area contributed by atoms with Gasteiger partial charge in [0.05, 0.1) is 10.9 Å². The molecule has 1 heterocycles. The highest BCUT2D eigenvalue weighted by Crippen LogP contribution is 2.19. The van der Waals surface area contributed by atoms with Gasteiger partial charge >= 0.3 is 0 Å². The third-order valence-electron chi connectivity index (χ3n) is 4.93. The van der Waals surface area contributed by atoms with E-state index in [2.05, 4.69) is 0 Å². The maximum Gasteiger partial charge on any atom is 0.254 e. The van der Waals surface area contributed by atoms with Gasteiger partial charge in [0.25, 0.3) is 5.91 Å². The predicted molar refractivity (Wildman–Crippen MR) is 105 cm³/mol. The summed E-state index contributed by atoms with van der Waals surface area (Å²) in [5.41, 5.74) is 1.47. The Morgan fingerprint density at radius 2 is 1.68 bits per heavy atom. The minimum Gasteiger partial charge on any atom is -0.339 e. The van der Waals surface area contributed by atoms with Gasteiger partial charge in [-0.2, -0.15) is 0 Å². The normalized spacial score (nSPS) is 17.4. The Kier molecular flexibility index (Phi) is 5.81. The number of primary sulfonamides is 1. The smallest absolute Gasteiger partial charge is 0.254 e. The van der Waals surface area contributed by atoms with Gasteiger partial charge in [-0.15, -0.1) is 0 Å². The van der Waals surface area contributed by atoms with Crippen LogP contribution in [0.4, 0.5) is 0 Å². The van der Waals surface area contributed by atoms with Crippen LogP contribution in [-0.2, 0) is 21.2 Å². The zero-order valence-electron chi connectivity index (χ0n) is 15.6. The van der Waals surface area contributed by atoms with Crippen LogP contribution in [0.15, 0.2) is 59.5 Å². The summed E-state index contributed by atoms with van der Waals surface area (Å²) in [7, 11) is -3.81. The largest absolute Gasteiger partial charge is 0.339 e. The lowest BCUT2D eigenvalue weighted by Gasteiger charge is -2.41. The molecule has 3 rings (SSSR count). The third kappa shape index (κ3) is 4.58. The summed E-state index contributed by atoms with van der Waals surface area (Å²) < 4.78 is 22.8. The molecule has 8 heteroatoms. The monoisotopic (exact) mass is 401 g/mol. The minimum absolute atomic E-state index is 0.0114. The van der Waals surface area contributed by atoms with Crippen LogP contribution in [-0.4, -0.2) is 55.7 Å². The van der Waals surface area contributed by atoms with E-state index in [1.165, 1.54) is 31.2 Å². The fourth-order valence-electron chi connectivity index (χ4n) is 3.42. The fraction of sp³-hybridized carbons (Fsp3) is 0.300. The van der Waals surface area contributed by atoms with Crippen molar-refractivity contribution >= 4 is 21.8 Å². The number of nitrogens with zero attached hydrogens (tertiary/aromatic N) is 2. The molecule has 0 aliphatic carbocycles. The second-order valence-electron chi connectivity index (χ2n) is 6.88. The number of hydrogen-bond donors (Lipinski definition) is 1. The first kappa shape index (κ1) is 20.0. The first-order valence-corrected chi connectivity index (χ1v) is 10.5. The third-order valence-corrected chi connectivity index (χ3v) is 5.86. The molecule has 28 heavy (non-hydrogen) atoms. The van der Waals surface area contributed by atoms with Crippen LogP contribution in [0.1, 0.15) is 22.8 Å². The van der Waals surface area contributed by atoms with E-state index in [9.17, 15) is 18.0 Å². The zero-order chi connectivity index (χ0) is 20.3. The number of carbonyl (C=O) groups excluding carboxylic acids is 2.